The standard InChI is InChI=1S/C20H29NO2S/c1-4-17(2)15-19(21-13-9-6-10-14-21)20(16-24(3)22)23-18-11-7-5-8-12-18/h5,7-8,11-12,15H,4,6,9-10,13-14,16H2,1-3H3/b17-15-,20-19-. The molecule has 1 fully saturated rings. The Labute approximate surface area is 148 Å². The fraction of sp³-hybridized carbons (Fsp3) is 0.500. The lowest BCUT2D eigenvalue weighted by atomic mass is 10.1. The van der Waals surface area contributed by atoms with Gasteiger partial charge < -0.3 is 9.64 Å². The Hall–Kier alpha value is -1.55. The van der Waals surface area contributed by atoms with Gasteiger partial charge in [0.05, 0.1) is 11.4 Å². The molecule has 1 aromatic rings. The summed E-state index contributed by atoms with van der Waals surface area (Å²) in [5.41, 5.74) is 2.42. The molecule has 1 unspecified atom stereocenters. The van der Waals surface area contributed by atoms with E-state index in [4.69, 9.17) is 4.74 Å². The Bertz CT molecular complexity index is 601. The van der Waals surface area contributed by atoms with E-state index in [2.05, 4.69) is 24.8 Å². The average Bonchev–Trinajstić information content (AvgIpc) is 2.60. The molecule has 1 atom stereocenters. The normalized spacial score (nSPS) is 18.1. The minimum Gasteiger partial charge on any atom is -0.459 e. The zero-order chi connectivity index (χ0) is 17.4. The van der Waals surface area contributed by atoms with Gasteiger partial charge in [0.1, 0.15) is 11.5 Å². The molecule has 1 aliphatic rings. The summed E-state index contributed by atoms with van der Waals surface area (Å²) < 4.78 is 18.1. The molecule has 3 nitrogen and oxygen atoms in total. The number of benzene rings is 1. The largest absolute Gasteiger partial charge is 0.459 e. The summed E-state index contributed by atoms with van der Waals surface area (Å²) in [7, 11) is -0.950. The first-order valence-electron chi connectivity index (χ1n) is 8.78. The number of para-hydroxylation sites is 1. The fourth-order valence-electron chi connectivity index (χ4n) is 2.79. The number of allylic oxidation sites excluding steroid dienone is 2. The maximum absolute atomic E-state index is 11.9. The predicted octanol–water partition coefficient (Wildman–Crippen LogP) is 4.50. The lowest BCUT2D eigenvalue weighted by Crippen LogP contribution is -2.31. The smallest absolute Gasteiger partial charge is 0.140 e. The van der Waals surface area contributed by atoms with Gasteiger partial charge in [-0.15, -0.1) is 0 Å². The van der Waals surface area contributed by atoms with E-state index < -0.39 is 10.8 Å². The van der Waals surface area contributed by atoms with Gasteiger partial charge in [-0.05, 0) is 50.8 Å². The van der Waals surface area contributed by atoms with E-state index in [1.807, 2.05) is 30.3 Å². The molecule has 0 radical (unpaired) electrons. The van der Waals surface area contributed by atoms with Gasteiger partial charge in [0.15, 0.2) is 0 Å². The van der Waals surface area contributed by atoms with E-state index in [-0.39, 0.29) is 0 Å². The van der Waals surface area contributed by atoms with Crippen LogP contribution in [0.5, 0.6) is 5.75 Å². The first-order valence-corrected chi connectivity index (χ1v) is 10.5. The van der Waals surface area contributed by atoms with E-state index in [0.717, 1.165) is 36.7 Å². The topological polar surface area (TPSA) is 29.5 Å². The Morgan fingerprint density at radius 3 is 2.46 bits per heavy atom. The van der Waals surface area contributed by atoms with Crippen LogP contribution in [0.25, 0.3) is 0 Å². The number of hydrogen-bond donors (Lipinski definition) is 0. The van der Waals surface area contributed by atoms with Gasteiger partial charge >= 0.3 is 0 Å². The summed E-state index contributed by atoms with van der Waals surface area (Å²) in [4.78, 5) is 2.40. The maximum atomic E-state index is 11.9. The van der Waals surface area contributed by atoms with Crippen molar-refractivity contribution in [2.75, 3.05) is 25.1 Å². The van der Waals surface area contributed by atoms with Crippen molar-refractivity contribution in [1.82, 2.24) is 4.90 Å². The molecule has 0 N–H and O–H groups in total. The molecule has 0 spiro atoms. The molecule has 132 valence electrons. The van der Waals surface area contributed by atoms with Crippen molar-refractivity contribution in [1.29, 1.82) is 0 Å². The molecule has 0 aliphatic carbocycles. The van der Waals surface area contributed by atoms with Crippen molar-refractivity contribution >= 4 is 10.8 Å². The van der Waals surface area contributed by atoms with Crippen molar-refractivity contribution < 1.29 is 8.95 Å². The summed E-state index contributed by atoms with van der Waals surface area (Å²) in [6.07, 6.45) is 8.65. The monoisotopic (exact) mass is 347 g/mol. The molecule has 1 aromatic carbocycles. The van der Waals surface area contributed by atoms with Crippen LogP contribution in [0.15, 0.2) is 53.4 Å². The summed E-state index contributed by atoms with van der Waals surface area (Å²) in [6, 6.07) is 9.79. The number of hydrogen-bond acceptors (Lipinski definition) is 3. The highest BCUT2D eigenvalue weighted by atomic mass is 32.2. The molecule has 4 heteroatoms. The summed E-state index contributed by atoms with van der Waals surface area (Å²) >= 11 is 0. The molecule has 0 saturated carbocycles. The Balaban J connectivity index is 2.42. The minimum absolute atomic E-state index is 0.439. The van der Waals surface area contributed by atoms with Crippen LogP contribution in [0.1, 0.15) is 39.5 Å². The fourth-order valence-corrected chi connectivity index (χ4v) is 3.37. The van der Waals surface area contributed by atoms with Crippen LogP contribution in [0.4, 0.5) is 0 Å². The summed E-state index contributed by atoms with van der Waals surface area (Å²) in [5.74, 6) is 2.06. The third-order valence-corrected chi connectivity index (χ3v) is 4.91. The lowest BCUT2D eigenvalue weighted by molar-refractivity contribution is 0.275. The summed E-state index contributed by atoms with van der Waals surface area (Å²) in [5, 5.41) is 0. The van der Waals surface area contributed by atoms with Crippen LogP contribution in [-0.4, -0.2) is 34.2 Å². The van der Waals surface area contributed by atoms with Gasteiger partial charge in [0, 0.05) is 30.1 Å². The maximum Gasteiger partial charge on any atom is 0.140 e. The van der Waals surface area contributed by atoms with Crippen LogP contribution in [-0.2, 0) is 10.8 Å². The molecule has 1 aliphatic heterocycles. The highest BCUT2D eigenvalue weighted by molar-refractivity contribution is 7.84. The van der Waals surface area contributed by atoms with Crippen molar-refractivity contribution in [3.05, 3.63) is 53.4 Å². The molecule has 0 aromatic heterocycles. The Morgan fingerprint density at radius 1 is 1.21 bits per heavy atom. The van der Waals surface area contributed by atoms with Crippen molar-refractivity contribution in [2.24, 2.45) is 0 Å². The highest BCUT2D eigenvalue weighted by Crippen LogP contribution is 2.24. The third-order valence-electron chi connectivity index (χ3n) is 4.24. The molecule has 0 bridgehead atoms. The molecule has 1 heterocycles. The van der Waals surface area contributed by atoms with E-state index >= 15 is 0 Å². The Kier molecular flexibility index (Phi) is 7.57. The number of ether oxygens (including phenoxy) is 1. The molecular weight excluding hydrogens is 318 g/mol. The highest BCUT2D eigenvalue weighted by Gasteiger charge is 2.19. The van der Waals surface area contributed by atoms with Crippen LogP contribution in [0.3, 0.4) is 0 Å². The molecular formula is C20H29NO2S. The number of likely N-dealkylation sites (tertiary alicyclic amines) is 1. The van der Waals surface area contributed by atoms with Crippen molar-refractivity contribution in [3.63, 3.8) is 0 Å². The quantitative estimate of drug-likeness (QED) is 0.537. The van der Waals surface area contributed by atoms with E-state index in [9.17, 15) is 4.21 Å². The minimum atomic E-state index is -0.950. The van der Waals surface area contributed by atoms with Gasteiger partial charge in [-0.25, -0.2) is 0 Å². The SMILES string of the molecule is CC/C(C)=C\C(=C(/CS(C)=O)Oc1ccccc1)N1CCCCC1. The van der Waals surface area contributed by atoms with Gasteiger partial charge in [0.25, 0.3) is 0 Å². The van der Waals surface area contributed by atoms with Crippen molar-refractivity contribution in [2.45, 2.75) is 39.5 Å². The second-order valence-corrected chi connectivity index (χ2v) is 7.77. The van der Waals surface area contributed by atoms with Crippen molar-refractivity contribution in [3.8, 4) is 5.75 Å². The summed E-state index contributed by atoms with van der Waals surface area (Å²) in [6.45, 7) is 6.39. The Morgan fingerprint density at radius 2 is 1.88 bits per heavy atom. The number of nitrogens with zero attached hydrogens (tertiary/aromatic N) is 1. The van der Waals surface area contributed by atoms with E-state index in [0.29, 0.717) is 5.75 Å². The molecule has 24 heavy (non-hydrogen) atoms. The van der Waals surface area contributed by atoms with Gasteiger partial charge in [0.2, 0.25) is 0 Å². The first kappa shape index (κ1) is 18.8. The van der Waals surface area contributed by atoms with E-state index in [1.54, 1.807) is 6.26 Å². The average molecular weight is 348 g/mol. The van der Waals surface area contributed by atoms with E-state index in [1.165, 1.54) is 24.8 Å². The second-order valence-electron chi connectivity index (χ2n) is 6.33. The number of rotatable bonds is 7. The molecule has 0 amide bonds. The van der Waals surface area contributed by atoms with Gasteiger partial charge in [-0.3, -0.25) is 4.21 Å². The van der Waals surface area contributed by atoms with Crippen LogP contribution in [0, 0.1) is 0 Å². The first-order chi connectivity index (χ1) is 11.6. The lowest BCUT2D eigenvalue weighted by Gasteiger charge is -2.31. The second kappa shape index (κ2) is 9.67. The van der Waals surface area contributed by atoms with Crippen LogP contribution >= 0.6 is 0 Å². The predicted molar refractivity (Wildman–Crippen MR) is 103 cm³/mol. The van der Waals surface area contributed by atoms with Crippen LogP contribution in [0.2, 0.25) is 0 Å². The zero-order valence-corrected chi connectivity index (χ0v) is 15.9. The number of piperidine rings is 1. The van der Waals surface area contributed by atoms with Gasteiger partial charge in [-0.1, -0.05) is 30.7 Å². The third kappa shape index (κ3) is 5.82. The molecule has 1 saturated heterocycles. The zero-order valence-electron chi connectivity index (χ0n) is 15.1. The van der Waals surface area contributed by atoms with Gasteiger partial charge in [-0.2, -0.15) is 0 Å². The van der Waals surface area contributed by atoms with Crippen LogP contribution < -0.4 is 4.74 Å². The molecule has 2 rings (SSSR count).